The standard InChI is InChI=1S/C24H21ClN2O6S/c1-2-32-24(29)16-12-13-19(18(25)14-16)26-23(28)22-15-27(20-10-6-7-11-21(20)33-22)34(30,31)17-8-4-3-5-9-17/h3-14,22H,2,15H2,1H3,(H,26,28). The van der Waals surface area contributed by atoms with Crippen LogP contribution in [0.3, 0.4) is 0 Å². The average molecular weight is 501 g/mol. The van der Waals surface area contributed by atoms with Crippen LogP contribution in [0.5, 0.6) is 5.75 Å². The molecule has 1 N–H and O–H groups in total. The third-order valence-electron chi connectivity index (χ3n) is 5.10. The Balaban J connectivity index is 1.60. The quantitative estimate of drug-likeness (QED) is 0.511. The van der Waals surface area contributed by atoms with Gasteiger partial charge in [0.25, 0.3) is 15.9 Å². The Bertz CT molecular complexity index is 1330. The summed E-state index contributed by atoms with van der Waals surface area (Å²) >= 11 is 6.25. The third kappa shape index (κ3) is 4.71. The van der Waals surface area contributed by atoms with Gasteiger partial charge in [-0.2, -0.15) is 0 Å². The number of sulfonamides is 1. The molecule has 0 spiro atoms. The Kier molecular flexibility index (Phi) is 6.76. The number of nitrogens with zero attached hydrogens (tertiary/aromatic N) is 1. The van der Waals surface area contributed by atoms with Gasteiger partial charge in [-0.3, -0.25) is 9.10 Å². The fourth-order valence-corrected chi connectivity index (χ4v) is 5.18. The summed E-state index contributed by atoms with van der Waals surface area (Å²) in [7, 11) is -3.95. The van der Waals surface area contributed by atoms with E-state index < -0.39 is 28.0 Å². The van der Waals surface area contributed by atoms with Crippen LogP contribution in [0.1, 0.15) is 17.3 Å². The fraction of sp³-hybridized carbons (Fsp3) is 0.167. The second kappa shape index (κ2) is 9.74. The van der Waals surface area contributed by atoms with Crippen LogP contribution in [0.15, 0.2) is 77.7 Å². The number of esters is 1. The van der Waals surface area contributed by atoms with E-state index in [0.717, 1.165) is 4.31 Å². The summed E-state index contributed by atoms with van der Waals surface area (Å²) in [5.41, 5.74) is 0.833. The highest BCUT2D eigenvalue weighted by Gasteiger charge is 2.37. The van der Waals surface area contributed by atoms with Crippen molar-refractivity contribution in [1.29, 1.82) is 0 Å². The number of carbonyl (C=O) groups excluding carboxylic acids is 2. The van der Waals surface area contributed by atoms with Crippen LogP contribution in [0.2, 0.25) is 5.02 Å². The molecule has 0 saturated carbocycles. The molecule has 8 nitrogen and oxygen atoms in total. The molecular weight excluding hydrogens is 480 g/mol. The smallest absolute Gasteiger partial charge is 0.338 e. The number of halogens is 1. The van der Waals surface area contributed by atoms with E-state index in [2.05, 4.69) is 5.32 Å². The average Bonchev–Trinajstić information content (AvgIpc) is 2.85. The maximum atomic E-state index is 13.4. The van der Waals surface area contributed by atoms with Gasteiger partial charge in [0.1, 0.15) is 5.75 Å². The van der Waals surface area contributed by atoms with E-state index in [-0.39, 0.29) is 40.1 Å². The number of nitrogens with one attached hydrogen (secondary N) is 1. The molecule has 176 valence electrons. The summed E-state index contributed by atoms with van der Waals surface area (Å²) in [5.74, 6) is -0.859. The first-order chi connectivity index (χ1) is 16.3. The number of ether oxygens (including phenoxy) is 2. The second-order valence-electron chi connectivity index (χ2n) is 7.33. The number of hydrogen-bond acceptors (Lipinski definition) is 6. The van der Waals surface area contributed by atoms with Crippen molar-refractivity contribution in [2.45, 2.75) is 17.9 Å². The summed E-state index contributed by atoms with van der Waals surface area (Å²) in [4.78, 5) is 25.0. The van der Waals surface area contributed by atoms with Gasteiger partial charge in [-0.1, -0.05) is 41.9 Å². The van der Waals surface area contributed by atoms with Crippen LogP contribution in [-0.4, -0.2) is 39.5 Å². The van der Waals surface area contributed by atoms with E-state index in [1.807, 2.05) is 0 Å². The minimum Gasteiger partial charge on any atom is -0.476 e. The largest absolute Gasteiger partial charge is 0.476 e. The van der Waals surface area contributed by atoms with Crippen LogP contribution in [-0.2, 0) is 19.6 Å². The summed E-state index contributed by atoms with van der Waals surface area (Å²) in [5, 5.41) is 2.78. The van der Waals surface area contributed by atoms with Crippen molar-refractivity contribution < 1.29 is 27.5 Å². The molecule has 1 atom stereocenters. The molecule has 34 heavy (non-hydrogen) atoms. The van der Waals surface area contributed by atoms with Crippen LogP contribution < -0.4 is 14.4 Å². The van der Waals surface area contributed by atoms with Crippen molar-refractivity contribution in [1.82, 2.24) is 0 Å². The number of benzene rings is 3. The summed E-state index contributed by atoms with van der Waals surface area (Å²) in [6, 6.07) is 18.9. The predicted octanol–water partition coefficient (Wildman–Crippen LogP) is 4.11. The van der Waals surface area contributed by atoms with Gasteiger partial charge in [-0.15, -0.1) is 0 Å². The number of carbonyl (C=O) groups is 2. The van der Waals surface area contributed by atoms with Crippen molar-refractivity contribution in [2.24, 2.45) is 0 Å². The minimum absolute atomic E-state index is 0.100. The predicted molar refractivity (Wildman–Crippen MR) is 128 cm³/mol. The molecule has 0 fully saturated rings. The van der Waals surface area contributed by atoms with Gasteiger partial charge in [0, 0.05) is 0 Å². The van der Waals surface area contributed by atoms with Crippen molar-refractivity contribution in [2.75, 3.05) is 22.8 Å². The van der Waals surface area contributed by atoms with Crippen molar-refractivity contribution in [3.8, 4) is 5.75 Å². The zero-order chi connectivity index (χ0) is 24.3. The van der Waals surface area contributed by atoms with Crippen molar-refractivity contribution in [3.63, 3.8) is 0 Å². The topological polar surface area (TPSA) is 102 Å². The molecule has 1 heterocycles. The third-order valence-corrected chi connectivity index (χ3v) is 7.20. The maximum absolute atomic E-state index is 13.4. The molecule has 0 aliphatic carbocycles. The molecule has 0 saturated heterocycles. The van der Waals surface area contributed by atoms with Gasteiger partial charge < -0.3 is 14.8 Å². The highest BCUT2D eigenvalue weighted by molar-refractivity contribution is 7.92. The van der Waals surface area contributed by atoms with Crippen LogP contribution in [0.4, 0.5) is 11.4 Å². The number of anilines is 2. The number of hydrogen-bond donors (Lipinski definition) is 1. The van der Waals surface area contributed by atoms with E-state index in [1.54, 1.807) is 49.4 Å². The Hall–Kier alpha value is -3.56. The number of fused-ring (bicyclic) bond motifs is 1. The molecule has 1 aliphatic rings. The fourth-order valence-electron chi connectivity index (χ4n) is 3.46. The second-order valence-corrected chi connectivity index (χ2v) is 9.60. The van der Waals surface area contributed by atoms with E-state index >= 15 is 0 Å². The van der Waals surface area contributed by atoms with Crippen molar-refractivity contribution >= 4 is 44.9 Å². The maximum Gasteiger partial charge on any atom is 0.338 e. The SMILES string of the molecule is CCOC(=O)c1ccc(NC(=O)C2CN(S(=O)(=O)c3ccccc3)c3ccccc3O2)c(Cl)c1. The van der Waals surface area contributed by atoms with Gasteiger partial charge in [0.15, 0.2) is 6.10 Å². The Morgan fingerprint density at radius 3 is 2.50 bits per heavy atom. The highest BCUT2D eigenvalue weighted by atomic mass is 35.5. The summed E-state index contributed by atoms with van der Waals surface area (Å²) < 4.78 is 38.7. The van der Waals surface area contributed by atoms with Gasteiger partial charge >= 0.3 is 5.97 Å². The molecule has 3 aromatic rings. The Morgan fingerprint density at radius 2 is 1.79 bits per heavy atom. The monoisotopic (exact) mass is 500 g/mol. The van der Waals surface area contributed by atoms with Gasteiger partial charge in [-0.05, 0) is 49.4 Å². The highest BCUT2D eigenvalue weighted by Crippen LogP contribution is 2.37. The van der Waals surface area contributed by atoms with Gasteiger partial charge in [-0.25, -0.2) is 13.2 Å². The molecule has 0 aromatic heterocycles. The van der Waals surface area contributed by atoms with Crippen LogP contribution in [0.25, 0.3) is 0 Å². The van der Waals surface area contributed by atoms with Crippen LogP contribution >= 0.6 is 11.6 Å². The normalized spacial score (nSPS) is 15.1. The lowest BCUT2D eigenvalue weighted by Crippen LogP contribution is -2.48. The Labute approximate surface area is 202 Å². The first-order valence-corrected chi connectivity index (χ1v) is 12.2. The lowest BCUT2D eigenvalue weighted by Gasteiger charge is -2.34. The minimum atomic E-state index is -3.95. The summed E-state index contributed by atoms with van der Waals surface area (Å²) in [6.45, 7) is 1.67. The van der Waals surface area contributed by atoms with E-state index in [0.29, 0.717) is 5.69 Å². The van der Waals surface area contributed by atoms with Crippen molar-refractivity contribution in [3.05, 3.63) is 83.4 Å². The molecule has 0 bridgehead atoms. The van der Waals surface area contributed by atoms with Gasteiger partial charge in [0.2, 0.25) is 0 Å². The zero-order valence-corrected chi connectivity index (χ0v) is 19.7. The molecule has 3 aromatic carbocycles. The summed E-state index contributed by atoms with van der Waals surface area (Å²) in [6.07, 6.45) is -1.14. The first-order valence-electron chi connectivity index (χ1n) is 10.4. The molecule has 1 amide bonds. The first kappa shape index (κ1) is 23.6. The van der Waals surface area contributed by atoms with E-state index in [4.69, 9.17) is 21.1 Å². The molecule has 10 heteroatoms. The number of para-hydroxylation sites is 2. The lowest BCUT2D eigenvalue weighted by molar-refractivity contribution is -0.122. The molecular formula is C24H21ClN2O6S. The van der Waals surface area contributed by atoms with E-state index in [1.165, 1.54) is 30.3 Å². The number of rotatable bonds is 6. The van der Waals surface area contributed by atoms with E-state index in [9.17, 15) is 18.0 Å². The molecule has 1 unspecified atom stereocenters. The lowest BCUT2D eigenvalue weighted by atomic mass is 10.2. The van der Waals surface area contributed by atoms with Gasteiger partial charge in [0.05, 0.1) is 40.0 Å². The molecule has 0 radical (unpaired) electrons. The molecule has 1 aliphatic heterocycles. The number of amides is 1. The van der Waals surface area contributed by atoms with Crippen LogP contribution in [0, 0.1) is 0 Å². The zero-order valence-electron chi connectivity index (χ0n) is 18.1. The molecule has 4 rings (SSSR count). The Morgan fingerprint density at radius 1 is 1.09 bits per heavy atom.